The minimum absolute atomic E-state index is 0.393. The van der Waals surface area contributed by atoms with Crippen molar-refractivity contribution in [1.29, 1.82) is 0 Å². The minimum atomic E-state index is -0.393. The summed E-state index contributed by atoms with van der Waals surface area (Å²) in [5.41, 5.74) is 1.08. The van der Waals surface area contributed by atoms with Crippen molar-refractivity contribution in [3.63, 3.8) is 0 Å². The van der Waals surface area contributed by atoms with E-state index in [1.165, 1.54) is 79.7 Å². The van der Waals surface area contributed by atoms with Crippen LogP contribution < -0.4 is 0 Å². The van der Waals surface area contributed by atoms with E-state index in [2.05, 4.69) is 73.3 Å². The highest BCUT2D eigenvalue weighted by atomic mass is 16.3. The van der Waals surface area contributed by atoms with Gasteiger partial charge in [-0.05, 0) is 78.5 Å². The van der Waals surface area contributed by atoms with Gasteiger partial charge < -0.3 is 10.0 Å². The Morgan fingerprint density at radius 3 is 2.00 bits per heavy atom. The van der Waals surface area contributed by atoms with Gasteiger partial charge in [0, 0.05) is 0 Å². The van der Waals surface area contributed by atoms with Crippen LogP contribution in [-0.4, -0.2) is 29.6 Å². The molecular weight excluding hydrogens is 366 g/mol. The Bertz CT molecular complexity index is 895. The summed E-state index contributed by atoms with van der Waals surface area (Å²) in [6.45, 7) is 8.23. The molecule has 162 valence electrons. The number of nitrogens with zero attached hydrogens (tertiary/aromatic N) is 1. The third-order valence-corrected chi connectivity index (χ3v) is 6.27. The van der Waals surface area contributed by atoms with Crippen molar-refractivity contribution in [2.75, 3.05) is 19.6 Å². The number of aliphatic hydroxyl groups excluding tert-OH is 1. The zero-order valence-corrected chi connectivity index (χ0v) is 18.9. The summed E-state index contributed by atoms with van der Waals surface area (Å²) in [7, 11) is 0. The minimum Gasteiger partial charge on any atom is -0.388 e. The van der Waals surface area contributed by atoms with Crippen molar-refractivity contribution in [2.45, 2.75) is 71.3 Å². The number of benzene rings is 3. The number of fused-ring (bicyclic) bond motifs is 3. The zero-order chi connectivity index (χ0) is 21.2. The molecule has 0 radical (unpaired) electrons. The smallest absolute Gasteiger partial charge is 0.0796 e. The number of hydrogen-bond acceptors (Lipinski definition) is 2. The van der Waals surface area contributed by atoms with Crippen molar-refractivity contribution >= 4 is 21.5 Å². The fourth-order valence-electron chi connectivity index (χ4n) is 4.46. The van der Waals surface area contributed by atoms with E-state index < -0.39 is 6.10 Å². The van der Waals surface area contributed by atoms with Crippen LogP contribution in [0.2, 0.25) is 0 Å². The van der Waals surface area contributed by atoms with E-state index in [1.807, 2.05) is 0 Å². The van der Waals surface area contributed by atoms with Crippen LogP contribution in [0.25, 0.3) is 21.5 Å². The molecule has 30 heavy (non-hydrogen) atoms. The second kappa shape index (κ2) is 12.1. The Hall–Kier alpha value is -1.90. The zero-order valence-electron chi connectivity index (χ0n) is 18.9. The molecule has 0 aromatic heterocycles. The molecular formula is C28H39NO. The number of rotatable bonds is 13. The molecule has 0 fully saturated rings. The summed E-state index contributed by atoms with van der Waals surface area (Å²) in [6.07, 6.45) is 9.11. The predicted octanol–water partition coefficient (Wildman–Crippen LogP) is 7.49. The van der Waals surface area contributed by atoms with Gasteiger partial charge in [-0.2, -0.15) is 0 Å². The van der Waals surface area contributed by atoms with E-state index in [0.29, 0.717) is 0 Å². The molecule has 3 aromatic rings. The predicted molar refractivity (Wildman–Crippen MR) is 131 cm³/mol. The highest BCUT2D eigenvalue weighted by Gasteiger charge is 2.13. The molecule has 0 spiro atoms. The van der Waals surface area contributed by atoms with Gasteiger partial charge in [-0.1, -0.05) is 88.1 Å². The Morgan fingerprint density at radius 1 is 0.700 bits per heavy atom. The van der Waals surface area contributed by atoms with Gasteiger partial charge in [0.2, 0.25) is 0 Å². The third-order valence-electron chi connectivity index (χ3n) is 6.27. The second-order valence-electron chi connectivity index (χ2n) is 8.65. The van der Waals surface area contributed by atoms with Crippen LogP contribution in [0, 0.1) is 0 Å². The van der Waals surface area contributed by atoms with Gasteiger partial charge in [0.05, 0.1) is 6.10 Å². The summed E-state index contributed by atoms with van der Waals surface area (Å²) < 4.78 is 0. The fourth-order valence-corrected chi connectivity index (χ4v) is 4.46. The molecule has 3 rings (SSSR count). The van der Waals surface area contributed by atoms with Gasteiger partial charge in [0.25, 0.3) is 0 Å². The topological polar surface area (TPSA) is 23.5 Å². The monoisotopic (exact) mass is 405 g/mol. The summed E-state index contributed by atoms with van der Waals surface area (Å²) in [5, 5.41) is 15.9. The first kappa shape index (κ1) is 22.8. The number of hydrogen-bond donors (Lipinski definition) is 1. The normalized spacial score (nSPS) is 12.8. The highest BCUT2D eigenvalue weighted by molar-refractivity contribution is 6.09. The van der Waals surface area contributed by atoms with Crippen LogP contribution in [0.3, 0.4) is 0 Å². The Morgan fingerprint density at radius 2 is 1.30 bits per heavy atom. The van der Waals surface area contributed by atoms with Crippen LogP contribution >= 0.6 is 0 Å². The summed E-state index contributed by atoms with van der Waals surface area (Å²) in [6, 6.07) is 19.2. The van der Waals surface area contributed by atoms with Gasteiger partial charge in [-0.15, -0.1) is 0 Å². The molecule has 3 aromatic carbocycles. The fraction of sp³-hybridized carbons (Fsp3) is 0.500. The average molecular weight is 406 g/mol. The average Bonchev–Trinajstić information content (AvgIpc) is 2.79. The standard InChI is InChI=1S/C28H39NO/c1-3-5-19-29(20-6-4-2)21-13-7-8-18-28(30)27-22-23-14-9-10-15-24(23)25-16-11-12-17-26(25)27/h9-12,14-17,22,28,30H,3-8,13,18-21H2,1-2H3. The lowest BCUT2D eigenvalue weighted by Gasteiger charge is -2.22. The largest absolute Gasteiger partial charge is 0.388 e. The van der Waals surface area contributed by atoms with E-state index in [-0.39, 0.29) is 0 Å². The summed E-state index contributed by atoms with van der Waals surface area (Å²) in [5.74, 6) is 0. The maximum atomic E-state index is 11.0. The lowest BCUT2D eigenvalue weighted by Crippen LogP contribution is -2.27. The Kier molecular flexibility index (Phi) is 9.17. The van der Waals surface area contributed by atoms with E-state index in [1.54, 1.807) is 0 Å². The van der Waals surface area contributed by atoms with Gasteiger partial charge in [0.1, 0.15) is 0 Å². The molecule has 1 unspecified atom stereocenters. The first-order chi connectivity index (χ1) is 14.7. The van der Waals surface area contributed by atoms with E-state index >= 15 is 0 Å². The van der Waals surface area contributed by atoms with Crippen LogP contribution in [0.15, 0.2) is 54.6 Å². The van der Waals surface area contributed by atoms with Gasteiger partial charge in [0.15, 0.2) is 0 Å². The number of aliphatic hydroxyl groups is 1. The molecule has 0 bridgehead atoms. The second-order valence-corrected chi connectivity index (χ2v) is 8.65. The molecule has 0 saturated carbocycles. The van der Waals surface area contributed by atoms with Crippen LogP contribution in [0.4, 0.5) is 0 Å². The molecule has 0 heterocycles. The molecule has 2 heteroatoms. The van der Waals surface area contributed by atoms with E-state index in [9.17, 15) is 5.11 Å². The lowest BCUT2D eigenvalue weighted by molar-refractivity contribution is 0.164. The lowest BCUT2D eigenvalue weighted by atomic mass is 9.92. The van der Waals surface area contributed by atoms with Crippen molar-refractivity contribution in [3.8, 4) is 0 Å². The maximum absolute atomic E-state index is 11.0. The van der Waals surface area contributed by atoms with Gasteiger partial charge in [-0.25, -0.2) is 0 Å². The van der Waals surface area contributed by atoms with Gasteiger partial charge >= 0.3 is 0 Å². The van der Waals surface area contributed by atoms with Crippen LogP contribution in [0.5, 0.6) is 0 Å². The molecule has 0 aliphatic carbocycles. The van der Waals surface area contributed by atoms with Gasteiger partial charge in [-0.3, -0.25) is 0 Å². The van der Waals surface area contributed by atoms with Crippen molar-refractivity contribution in [3.05, 3.63) is 60.2 Å². The Balaban J connectivity index is 1.57. The maximum Gasteiger partial charge on any atom is 0.0796 e. The SMILES string of the molecule is CCCCN(CCCC)CCCCCC(O)c1cc2ccccc2c2ccccc12. The Labute approximate surface area is 182 Å². The van der Waals surface area contributed by atoms with Crippen LogP contribution in [-0.2, 0) is 0 Å². The first-order valence-corrected chi connectivity index (χ1v) is 12.1. The molecule has 0 saturated heterocycles. The van der Waals surface area contributed by atoms with E-state index in [4.69, 9.17) is 0 Å². The molecule has 0 amide bonds. The summed E-state index contributed by atoms with van der Waals surface area (Å²) in [4.78, 5) is 2.64. The molecule has 1 N–H and O–H groups in total. The first-order valence-electron chi connectivity index (χ1n) is 12.1. The summed E-state index contributed by atoms with van der Waals surface area (Å²) >= 11 is 0. The van der Waals surface area contributed by atoms with Crippen molar-refractivity contribution in [2.24, 2.45) is 0 Å². The third kappa shape index (κ3) is 6.06. The van der Waals surface area contributed by atoms with Crippen molar-refractivity contribution < 1.29 is 5.11 Å². The molecule has 1 atom stereocenters. The molecule has 0 aliphatic heterocycles. The van der Waals surface area contributed by atoms with Crippen LogP contribution in [0.1, 0.15) is 76.9 Å². The van der Waals surface area contributed by atoms with Crippen molar-refractivity contribution in [1.82, 2.24) is 4.90 Å². The molecule has 0 aliphatic rings. The number of unbranched alkanes of at least 4 members (excludes halogenated alkanes) is 4. The van der Waals surface area contributed by atoms with E-state index in [0.717, 1.165) is 18.4 Å². The quantitative estimate of drug-likeness (QED) is 0.235. The molecule has 2 nitrogen and oxygen atoms in total. The highest BCUT2D eigenvalue weighted by Crippen LogP contribution is 2.33.